The van der Waals surface area contributed by atoms with Gasteiger partial charge in [0.1, 0.15) is 6.04 Å². The van der Waals surface area contributed by atoms with Gasteiger partial charge < -0.3 is 21.3 Å². The second-order valence-corrected chi connectivity index (χ2v) is 7.94. The summed E-state index contributed by atoms with van der Waals surface area (Å²) in [7, 11) is 0. The van der Waals surface area contributed by atoms with Gasteiger partial charge in [-0.25, -0.2) is 4.79 Å². The molecule has 1 aliphatic heterocycles. The molecule has 148 valence electrons. The number of hydrogen-bond donors (Lipinski definition) is 3. The molecule has 0 radical (unpaired) electrons. The zero-order chi connectivity index (χ0) is 19.2. The largest absolute Gasteiger partial charge is 0.341 e. The van der Waals surface area contributed by atoms with Crippen LogP contribution in [-0.4, -0.2) is 42.0 Å². The van der Waals surface area contributed by atoms with Crippen LogP contribution in [0, 0.1) is 6.92 Å². The van der Waals surface area contributed by atoms with E-state index in [2.05, 4.69) is 10.6 Å². The number of benzene rings is 1. The minimum atomic E-state index is -0.621. The van der Waals surface area contributed by atoms with Crippen LogP contribution in [0.5, 0.6) is 0 Å². The maximum absolute atomic E-state index is 12.7. The molecule has 2 aliphatic rings. The fourth-order valence-corrected chi connectivity index (χ4v) is 4.02. The van der Waals surface area contributed by atoms with Gasteiger partial charge >= 0.3 is 6.03 Å². The Kier molecular flexibility index (Phi) is 6.72. The van der Waals surface area contributed by atoms with Gasteiger partial charge in [-0.1, -0.05) is 49.1 Å². The molecule has 4 N–H and O–H groups in total. The van der Waals surface area contributed by atoms with E-state index in [4.69, 9.17) is 5.73 Å². The van der Waals surface area contributed by atoms with Gasteiger partial charge in [-0.2, -0.15) is 0 Å². The third kappa shape index (κ3) is 5.45. The number of nitrogens with one attached hydrogen (secondary N) is 2. The van der Waals surface area contributed by atoms with Gasteiger partial charge in [0, 0.05) is 25.2 Å². The normalized spacial score (nSPS) is 20.1. The third-order valence-corrected chi connectivity index (χ3v) is 5.78. The summed E-state index contributed by atoms with van der Waals surface area (Å²) in [5.41, 5.74) is 8.16. The number of piperidine rings is 1. The molecular formula is C21H32N4O2. The van der Waals surface area contributed by atoms with Crippen molar-refractivity contribution in [2.75, 3.05) is 13.1 Å². The smallest absolute Gasteiger partial charge is 0.315 e. The highest BCUT2D eigenvalue weighted by Gasteiger charge is 2.28. The van der Waals surface area contributed by atoms with E-state index in [0.717, 1.165) is 36.8 Å². The van der Waals surface area contributed by atoms with Crippen LogP contribution in [0.1, 0.15) is 62.1 Å². The number of amides is 3. The summed E-state index contributed by atoms with van der Waals surface area (Å²) in [5, 5.41) is 6.17. The molecule has 1 heterocycles. The molecule has 1 unspecified atom stereocenters. The van der Waals surface area contributed by atoms with Crippen LogP contribution in [0.15, 0.2) is 24.3 Å². The zero-order valence-electron chi connectivity index (χ0n) is 16.2. The van der Waals surface area contributed by atoms with Crippen LogP contribution < -0.4 is 16.4 Å². The molecule has 3 amide bonds. The molecule has 1 aromatic carbocycles. The van der Waals surface area contributed by atoms with Crippen LogP contribution >= 0.6 is 0 Å². The van der Waals surface area contributed by atoms with Crippen LogP contribution in [-0.2, 0) is 4.79 Å². The molecule has 6 nitrogen and oxygen atoms in total. The Morgan fingerprint density at radius 1 is 0.963 bits per heavy atom. The standard InChI is InChI=1S/C21H32N4O2/c1-15-7-9-16(10-8-15)19(22)20(26)25-13-11-18(12-14-25)24-21(27)23-17-5-3-2-4-6-17/h7-10,17-19H,2-6,11-14,22H2,1H3,(H2,23,24,27). The minimum Gasteiger partial charge on any atom is -0.341 e. The summed E-state index contributed by atoms with van der Waals surface area (Å²) in [5.74, 6) is -0.0380. The van der Waals surface area contributed by atoms with E-state index < -0.39 is 6.04 Å². The van der Waals surface area contributed by atoms with E-state index >= 15 is 0 Å². The number of likely N-dealkylation sites (tertiary alicyclic amines) is 1. The summed E-state index contributed by atoms with van der Waals surface area (Å²) in [6.07, 6.45) is 7.37. The van der Waals surface area contributed by atoms with E-state index in [9.17, 15) is 9.59 Å². The number of carbonyl (C=O) groups is 2. The summed E-state index contributed by atoms with van der Waals surface area (Å²) in [6.45, 7) is 3.28. The molecule has 1 saturated heterocycles. The highest BCUT2D eigenvalue weighted by atomic mass is 16.2. The Labute approximate surface area is 161 Å². The lowest BCUT2D eigenvalue weighted by Gasteiger charge is -2.34. The van der Waals surface area contributed by atoms with E-state index in [0.29, 0.717) is 19.1 Å². The van der Waals surface area contributed by atoms with Crippen molar-refractivity contribution in [2.24, 2.45) is 5.73 Å². The fourth-order valence-electron chi connectivity index (χ4n) is 4.02. The first kappa shape index (κ1) is 19.7. The van der Waals surface area contributed by atoms with Crippen molar-refractivity contribution in [3.05, 3.63) is 35.4 Å². The molecule has 27 heavy (non-hydrogen) atoms. The summed E-state index contributed by atoms with van der Waals surface area (Å²) < 4.78 is 0. The number of nitrogens with zero attached hydrogens (tertiary/aromatic N) is 1. The van der Waals surface area contributed by atoms with Crippen LogP contribution in [0.25, 0.3) is 0 Å². The highest BCUT2D eigenvalue weighted by molar-refractivity contribution is 5.83. The fraction of sp³-hybridized carbons (Fsp3) is 0.619. The Morgan fingerprint density at radius 3 is 2.11 bits per heavy atom. The number of rotatable bonds is 4. The molecular weight excluding hydrogens is 340 g/mol. The summed E-state index contributed by atoms with van der Waals surface area (Å²) in [4.78, 5) is 26.7. The van der Waals surface area contributed by atoms with E-state index in [1.165, 1.54) is 19.3 Å². The van der Waals surface area contributed by atoms with Gasteiger partial charge in [-0.15, -0.1) is 0 Å². The predicted molar refractivity (Wildman–Crippen MR) is 106 cm³/mol. The first-order valence-corrected chi connectivity index (χ1v) is 10.2. The minimum absolute atomic E-state index is 0.0380. The lowest BCUT2D eigenvalue weighted by molar-refractivity contribution is -0.133. The predicted octanol–water partition coefficient (Wildman–Crippen LogP) is 2.62. The van der Waals surface area contributed by atoms with Gasteiger partial charge in [-0.05, 0) is 38.2 Å². The monoisotopic (exact) mass is 372 g/mol. The Balaban J connectivity index is 1.43. The molecule has 0 aromatic heterocycles. The van der Waals surface area contributed by atoms with Crippen molar-refractivity contribution in [3.63, 3.8) is 0 Å². The lowest BCUT2D eigenvalue weighted by atomic mass is 9.96. The van der Waals surface area contributed by atoms with E-state index in [1.54, 1.807) is 0 Å². The molecule has 6 heteroatoms. The second-order valence-electron chi connectivity index (χ2n) is 7.94. The summed E-state index contributed by atoms with van der Waals surface area (Å²) >= 11 is 0. The Bertz CT molecular complexity index is 632. The van der Waals surface area contributed by atoms with Crippen LogP contribution in [0.2, 0.25) is 0 Å². The Hall–Kier alpha value is -2.08. The van der Waals surface area contributed by atoms with Crippen LogP contribution in [0.4, 0.5) is 4.79 Å². The number of nitrogens with two attached hydrogens (primary N) is 1. The Morgan fingerprint density at radius 2 is 1.52 bits per heavy atom. The second kappa shape index (κ2) is 9.22. The third-order valence-electron chi connectivity index (χ3n) is 5.78. The zero-order valence-corrected chi connectivity index (χ0v) is 16.2. The first-order chi connectivity index (χ1) is 13.0. The van der Waals surface area contributed by atoms with E-state index in [-0.39, 0.29) is 18.0 Å². The van der Waals surface area contributed by atoms with Crippen molar-refractivity contribution in [1.29, 1.82) is 0 Å². The van der Waals surface area contributed by atoms with Gasteiger partial charge in [0.25, 0.3) is 0 Å². The average molecular weight is 373 g/mol. The quantitative estimate of drug-likeness (QED) is 0.759. The van der Waals surface area contributed by atoms with Crippen molar-refractivity contribution in [2.45, 2.75) is 70.0 Å². The number of carbonyl (C=O) groups excluding carboxylic acids is 2. The molecule has 0 spiro atoms. The molecule has 1 atom stereocenters. The van der Waals surface area contributed by atoms with Crippen molar-refractivity contribution < 1.29 is 9.59 Å². The van der Waals surface area contributed by atoms with Gasteiger partial charge in [0.15, 0.2) is 0 Å². The molecule has 0 bridgehead atoms. The van der Waals surface area contributed by atoms with Gasteiger partial charge in [-0.3, -0.25) is 4.79 Å². The lowest BCUT2D eigenvalue weighted by Crippen LogP contribution is -2.52. The first-order valence-electron chi connectivity index (χ1n) is 10.2. The number of aryl methyl sites for hydroxylation is 1. The van der Waals surface area contributed by atoms with Crippen molar-refractivity contribution in [3.8, 4) is 0 Å². The van der Waals surface area contributed by atoms with Crippen molar-refractivity contribution in [1.82, 2.24) is 15.5 Å². The molecule has 1 aromatic rings. The molecule has 2 fully saturated rings. The van der Waals surface area contributed by atoms with Crippen LogP contribution in [0.3, 0.4) is 0 Å². The maximum Gasteiger partial charge on any atom is 0.315 e. The summed E-state index contributed by atoms with van der Waals surface area (Å²) in [6, 6.07) is 7.53. The average Bonchev–Trinajstić information content (AvgIpc) is 2.69. The van der Waals surface area contributed by atoms with E-state index in [1.807, 2.05) is 36.1 Å². The topological polar surface area (TPSA) is 87.5 Å². The van der Waals surface area contributed by atoms with Gasteiger partial charge in [0.2, 0.25) is 5.91 Å². The van der Waals surface area contributed by atoms with Crippen molar-refractivity contribution >= 4 is 11.9 Å². The highest BCUT2D eigenvalue weighted by Crippen LogP contribution is 2.19. The maximum atomic E-state index is 12.7. The molecule has 3 rings (SSSR count). The molecule has 1 saturated carbocycles. The molecule has 1 aliphatic carbocycles. The van der Waals surface area contributed by atoms with Gasteiger partial charge in [0.05, 0.1) is 0 Å². The number of urea groups is 1. The SMILES string of the molecule is Cc1ccc(C(N)C(=O)N2CCC(NC(=O)NC3CCCCC3)CC2)cc1. The number of hydrogen-bond acceptors (Lipinski definition) is 3.